The summed E-state index contributed by atoms with van der Waals surface area (Å²) in [5.74, 6) is 2.50. The van der Waals surface area contributed by atoms with Crippen LogP contribution in [0.15, 0.2) is 48.5 Å². The molecule has 2 bridgehead atoms. The van der Waals surface area contributed by atoms with Crippen molar-refractivity contribution in [2.24, 2.45) is 0 Å². The molecule has 2 aliphatic heterocycles. The minimum absolute atomic E-state index is 0. The van der Waals surface area contributed by atoms with Crippen LogP contribution in [0.5, 0.6) is 23.0 Å². The van der Waals surface area contributed by atoms with E-state index in [2.05, 4.69) is 0 Å². The molecule has 0 amide bonds. The number of hydrogen-bond donors (Lipinski definition) is 0. The molecule has 10 heteroatoms. The third kappa shape index (κ3) is 10.5. The summed E-state index contributed by atoms with van der Waals surface area (Å²) in [6, 6.07) is 15.1. The molecule has 2 heterocycles. The van der Waals surface area contributed by atoms with Crippen LogP contribution in [0.3, 0.4) is 0 Å². The van der Waals surface area contributed by atoms with E-state index in [1.165, 1.54) is 0 Å². The molecule has 2 aromatic carbocycles. The fourth-order valence-corrected chi connectivity index (χ4v) is 3.49. The molecule has 0 spiro atoms. The summed E-state index contributed by atoms with van der Waals surface area (Å²) in [5.41, 5.74) is 0. The van der Waals surface area contributed by atoms with Crippen molar-refractivity contribution in [3.05, 3.63) is 48.5 Å². The monoisotopic (exact) mass is 575 g/mol. The van der Waals surface area contributed by atoms with Crippen LogP contribution in [0.1, 0.15) is 0 Å². The van der Waals surface area contributed by atoms with Crippen LogP contribution in [0, 0.1) is 0 Å². The largest absolute Gasteiger partial charge is 1.00 e. The Balaban J connectivity index is 0.00000361. The Labute approximate surface area is 261 Å². The van der Waals surface area contributed by atoms with Crippen LogP contribution < -0.4 is 77.1 Å². The topological polar surface area (TPSA) is 83.1 Å². The number of benzene rings is 2. The number of para-hydroxylation sites is 4. The first-order chi connectivity index (χ1) is 17.4. The Bertz CT molecular complexity index is 745. The van der Waals surface area contributed by atoms with Gasteiger partial charge < -0.3 is 42.6 Å². The molecule has 0 N–H and O–H groups in total. The van der Waals surface area contributed by atoms with Gasteiger partial charge in [0.25, 0.3) is 0 Å². The summed E-state index contributed by atoms with van der Waals surface area (Å²) in [6.07, 6.45) is -0.664. The molecule has 0 saturated carbocycles. The molecular weight excluding hydrogens is 542 g/mol. The summed E-state index contributed by atoms with van der Waals surface area (Å²) in [7, 11) is 0. The van der Waals surface area contributed by atoms with Gasteiger partial charge in [-0.1, -0.05) is 24.3 Å². The third-order valence-corrected chi connectivity index (χ3v) is 5.30. The van der Waals surface area contributed by atoms with Gasteiger partial charge in [0.05, 0.1) is 52.9 Å². The molecule has 0 aliphatic carbocycles. The minimum Gasteiger partial charge on any atom is -0.487 e. The molecule has 0 unspecified atom stereocenters. The normalized spacial score (nSPS) is 22.9. The van der Waals surface area contributed by atoms with Gasteiger partial charge in [0.1, 0.15) is 38.6 Å². The van der Waals surface area contributed by atoms with E-state index in [4.69, 9.17) is 42.6 Å². The van der Waals surface area contributed by atoms with Crippen molar-refractivity contribution in [1.29, 1.82) is 0 Å². The summed E-state index contributed by atoms with van der Waals surface area (Å²) in [5, 5.41) is 0. The van der Waals surface area contributed by atoms with E-state index in [0.717, 1.165) is 0 Å². The molecule has 4 rings (SSSR count). The van der Waals surface area contributed by atoms with Crippen LogP contribution in [0.4, 0.5) is 0 Å². The average molecular weight is 576 g/mol. The number of rotatable bonds is 0. The zero-order valence-electron chi connectivity index (χ0n) is 20.9. The van der Waals surface area contributed by atoms with Gasteiger partial charge in [-0.3, -0.25) is 0 Å². The van der Waals surface area contributed by atoms with E-state index >= 15 is 0 Å². The van der Waals surface area contributed by atoms with E-state index in [-0.39, 0.29) is 96.8 Å². The van der Waals surface area contributed by atoms with Crippen molar-refractivity contribution in [1.82, 2.24) is 0 Å². The van der Waals surface area contributed by atoms with Gasteiger partial charge in [-0.15, -0.1) is 0 Å². The second-order valence-corrected chi connectivity index (χ2v) is 7.96. The van der Waals surface area contributed by atoms with E-state index in [9.17, 15) is 0 Å². The van der Waals surface area contributed by atoms with Gasteiger partial charge in [-0.05, 0) is 24.3 Å². The summed E-state index contributed by atoms with van der Waals surface area (Å²) >= 11 is 0. The summed E-state index contributed by atoms with van der Waals surface area (Å²) < 4.78 is 53.1. The van der Waals surface area contributed by atoms with Crippen molar-refractivity contribution >= 4 is 0 Å². The molecule has 0 radical (unpaired) electrons. The molecule has 0 aromatic heterocycles. The molecule has 0 saturated heterocycles. The van der Waals surface area contributed by atoms with Crippen molar-refractivity contribution in [2.75, 3.05) is 79.3 Å². The van der Waals surface area contributed by atoms with Crippen molar-refractivity contribution in [3.8, 4) is 23.0 Å². The smallest absolute Gasteiger partial charge is 0.487 e. The van der Waals surface area contributed by atoms with Crippen molar-refractivity contribution in [2.45, 2.75) is 12.2 Å². The Morgan fingerprint density at radius 2 is 0.694 bits per heavy atom. The van der Waals surface area contributed by atoms with E-state index in [1.807, 2.05) is 48.5 Å². The average Bonchev–Trinajstić information content (AvgIpc) is 2.89. The Hall–Kier alpha value is -0.755. The standard InChI is InChI=1S/C26H34O9.Rb/c1-2-6-24-23(5-1)32-17-21-19-34-25-7-3-4-8-26(25)35-20-22(18-33-24)31-16-14-29-12-10-27-9-11-28-13-15-30-21;/h1-8,21-22H,9-20H2;/q;+1. The first-order valence-corrected chi connectivity index (χ1v) is 12.0. The van der Waals surface area contributed by atoms with Gasteiger partial charge in [0, 0.05) is 0 Å². The van der Waals surface area contributed by atoms with Crippen LogP contribution in [0.25, 0.3) is 0 Å². The zero-order chi connectivity index (χ0) is 24.0. The summed E-state index contributed by atoms with van der Waals surface area (Å²) in [6.45, 7) is 4.78. The fraction of sp³-hybridized carbons (Fsp3) is 0.538. The molecule has 2 aromatic rings. The molecule has 2 aliphatic rings. The maximum atomic E-state index is 6.09. The molecule has 0 fully saturated rings. The van der Waals surface area contributed by atoms with E-state index in [0.29, 0.717) is 75.9 Å². The van der Waals surface area contributed by atoms with Gasteiger partial charge in [-0.2, -0.15) is 0 Å². The molecule has 0 atom stereocenters. The molecular formula is C26H34O9Rb+. The SMILES string of the molecule is [Rb+].c1ccc2c(c1)OCC1COc3ccccc3OCC(CO2)OCCOCCOCCOCCO1. The predicted octanol–water partition coefficient (Wildman–Crippen LogP) is -0.247. The maximum absolute atomic E-state index is 6.09. The maximum Gasteiger partial charge on any atom is 1.00 e. The minimum atomic E-state index is -0.332. The van der Waals surface area contributed by atoms with Crippen molar-refractivity contribution in [3.63, 3.8) is 0 Å². The summed E-state index contributed by atoms with van der Waals surface area (Å²) in [4.78, 5) is 0. The van der Waals surface area contributed by atoms with Crippen LogP contribution >= 0.6 is 0 Å². The van der Waals surface area contributed by atoms with Gasteiger partial charge in [-0.25, -0.2) is 0 Å². The third-order valence-electron chi connectivity index (χ3n) is 5.30. The predicted molar refractivity (Wildman–Crippen MR) is 127 cm³/mol. The molecule has 9 nitrogen and oxygen atoms in total. The van der Waals surface area contributed by atoms with E-state index < -0.39 is 0 Å². The van der Waals surface area contributed by atoms with Gasteiger partial charge in [0.15, 0.2) is 23.0 Å². The second kappa shape index (κ2) is 17.7. The first-order valence-electron chi connectivity index (χ1n) is 12.0. The second-order valence-electron chi connectivity index (χ2n) is 7.96. The molecule has 192 valence electrons. The Morgan fingerprint density at radius 3 is 1.00 bits per heavy atom. The van der Waals surface area contributed by atoms with Gasteiger partial charge >= 0.3 is 58.2 Å². The van der Waals surface area contributed by atoms with Crippen LogP contribution in [-0.2, 0) is 23.7 Å². The van der Waals surface area contributed by atoms with E-state index in [1.54, 1.807) is 0 Å². The molecule has 36 heavy (non-hydrogen) atoms. The number of fused-ring (bicyclic) bond motifs is 5. The number of ether oxygens (including phenoxy) is 9. The van der Waals surface area contributed by atoms with Crippen molar-refractivity contribution < 1.29 is 101 Å². The Morgan fingerprint density at radius 1 is 0.417 bits per heavy atom. The quantitative estimate of drug-likeness (QED) is 0.422. The van der Waals surface area contributed by atoms with Crippen LogP contribution in [0.2, 0.25) is 0 Å². The zero-order valence-corrected chi connectivity index (χ0v) is 25.8. The number of hydrogen-bond acceptors (Lipinski definition) is 9. The fourth-order valence-electron chi connectivity index (χ4n) is 3.49. The first kappa shape index (κ1) is 29.8. The Kier molecular flexibility index (Phi) is 14.6. The van der Waals surface area contributed by atoms with Crippen LogP contribution in [-0.4, -0.2) is 91.5 Å². The van der Waals surface area contributed by atoms with Gasteiger partial charge in [0.2, 0.25) is 0 Å².